The molecular weight excluding hydrogens is 501 g/mol. The fourth-order valence-corrected chi connectivity index (χ4v) is 4.83. The molecule has 2 aromatic carbocycles. The van der Waals surface area contributed by atoms with E-state index in [4.69, 9.17) is 58.0 Å². The zero-order chi connectivity index (χ0) is 22.2. The van der Waals surface area contributed by atoms with Gasteiger partial charge in [0.1, 0.15) is 4.33 Å². The van der Waals surface area contributed by atoms with Gasteiger partial charge in [-0.25, -0.2) is 8.78 Å². The van der Waals surface area contributed by atoms with Crippen molar-refractivity contribution < 1.29 is 18.4 Å². The third kappa shape index (κ3) is 5.20. The second-order valence-corrected chi connectivity index (χ2v) is 9.59. The molecule has 0 heterocycles. The van der Waals surface area contributed by atoms with Crippen LogP contribution in [-0.2, 0) is 4.79 Å². The van der Waals surface area contributed by atoms with Crippen LogP contribution in [0, 0.1) is 5.92 Å². The topological polar surface area (TPSA) is 46.2 Å². The van der Waals surface area contributed by atoms with E-state index in [2.05, 4.69) is 5.32 Å². The summed E-state index contributed by atoms with van der Waals surface area (Å²) in [6.45, 7) is 0. The van der Waals surface area contributed by atoms with Gasteiger partial charge in [0.25, 0.3) is 0 Å². The zero-order valence-electron chi connectivity index (χ0n) is 15.1. The van der Waals surface area contributed by atoms with Gasteiger partial charge in [-0.05, 0) is 42.0 Å². The van der Waals surface area contributed by atoms with Crippen LogP contribution in [0.15, 0.2) is 36.4 Å². The average Bonchev–Trinajstić information content (AvgIpc) is 3.22. The molecule has 160 valence electrons. The SMILES string of the molecule is O=C(CCC(F)F)c1cc(NC(=O)C2C(c3cc(Cl)cc(Cl)c3)C2(Cl)Cl)ccc1Cl. The lowest BCUT2D eigenvalue weighted by molar-refractivity contribution is -0.117. The van der Waals surface area contributed by atoms with Gasteiger partial charge in [0.15, 0.2) is 5.78 Å². The molecule has 0 aromatic heterocycles. The van der Waals surface area contributed by atoms with Gasteiger partial charge < -0.3 is 5.32 Å². The summed E-state index contributed by atoms with van der Waals surface area (Å²) in [6, 6.07) is 9.05. The van der Waals surface area contributed by atoms with E-state index in [1.807, 2.05) is 0 Å². The summed E-state index contributed by atoms with van der Waals surface area (Å²) in [4.78, 5) is 24.9. The first-order valence-electron chi connectivity index (χ1n) is 8.76. The molecule has 1 N–H and O–H groups in total. The van der Waals surface area contributed by atoms with Crippen molar-refractivity contribution in [2.75, 3.05) is 5.32 Å². The highest BCUT2D eigenvalue weighted by Crippen LogP contribution is 2.65. The molecule has 30 heavy (non-hydrogen) atoms. The summed E-state index contributed by atoms with van der Waals surface area (Å²) >= 11 is 30.7. The van der Waals surface area contributed by atoms with E-state index in [1.54, 1.807) is 18.2 Å². The first kappa shape index (κ1) is 23.6. The normalized spacial score (nSPS) is 19.6. The predicted molar refractivity (Wildman–Crippen MR) is 117 cm³/mol. The van der Waals surface area contributed by atoms with Crippen molar-refractivity contribution in [1.82, 2.24) is 0 Å². The molecule has 0 radical (unpaired) electrons. The number of benzene rings is 2. The lowest BCUT2D eigenvalue weighted by Crippen LogP contribution is -2.17. The van der Waals surface area contributed by atoms with E-state index < -0.39 is 40.7 Å². The third-order valence-electron chi connectivity index (χ3n) is 4.70. The van der Waals surface area contributed by atoms with Crippen LogP contribution in [0.25, 0.3) is 0 Å². The quantitative estimate of drug-likeness (QED) is 0.308. The molecule has 3 rings (SSSR count). The number of rotatable bonds is 7. The minimum Gasteiger partial charge on any atom is -0.326 e. The van der Waals surface area contributed by atoms with E-state index in [0.717, 1.165) is 0 Å². The number of ketones is 1. The highest BCUT2D eigenvalue weighted by Gasteiger charge is 2.67. The molecule has 0 bridgehead atoms. The Kier molecular flexibility index (Phi) is 7.20. The monoisotopic (exact) mass is 513 g/mol. The Bertz CT molecular complexity index is 979. The maximum Gasteiger partial charge on any atom is 0.239 e. The van der Waals surface area contributed by atoms with Gasteiger partial charge in [-0.1, -0.05) is 34.8 Å². The fourth-order valence-electron chi connectivity index (χ4n) is 3.23. The molecule has 0 saturated heterocycles. The van der Waals surface area contributed by atoms with Gasteiger partial charge in [-0.3, -0.25) is 9.59 Å². The Morgan fingerprint density at radius 1 is 1.03 bits per heavy atom. The summed E-state index contributed by atoms with van der Waals surface area (Å²) in [5, 5.41) is 3.52. The molecule has 2 aromatic rings. The molecule has 2 atom stereocenters. The van der Waals surface area contributed by atoms with Gasteiger partial charge in [0.05, 0.1) is 10.9 Å². The number of hydrogen-bond donors (Lipinski definition) is 1. The van der Waals surface area contributed by atoms with E-state index in [0.29, 0.717) is 15.6 Å². The minimum absolute atomic E-state index is 0.0482. The van der Waals surface area contributed by atoms with Crippen molar-refractivity contribution in [3.63, 3.8) is 0 Å². The summed E-state index contributed by atoms with van der Waals surface area (Å²) in [5.41, 5.74) is 0.937. The van der Waals surface area contributed by atoms with Crippen LogP contribution >= 0.6 is 58.0 Å². The number of halogens is 7. The van der Waals surface area contributed by atoms with E-state index >= 15 is 0 Å². The average molecular weight is 516 g/mol. The van der Waals surface area contributed by atoms with Crippen LogP contribution in [0.5, 0.6) is 0 Å². The minimum atomic E-state index is -2.59. The van der Waals surface area contributed by atoms with Crippen LogP contribution in [0.3, 0.4) is 0 Å². The maximum absolute atomic E-state index is 12.8. The molecule has 3 nitrogen and oxygen atoms in total. The van der Waals surface area contributed by atoms with Crippen LogP contribution in [0.4, 0.5) is 14.5 Å². The van der Waals surface area contributed by atoms with Crippen molar-refractivity contribution >= 4 is 75.4 Å². The van der Waals surface area contributed by atoms with Crippen molar-refractivity contribution in [1.29, 1.82) is 0 Å². The molecule has 10 heteroatoms. The van der Waals surface area contributed by atoms with Gasteiger partial charge in [-0.2, -0.15) is 0 Å². The number of Topliss-reactive ketones (excluding diaryl/α,β-unsaturated/α-hetero) is 1. The van der Waals surface area contributed by atoms with E-state index in [1.165, 1.54) is 18.2 Å². The number of anilines is 1. The lowest BCUT2D eigenvalue weighted by atomic mass is 10.1. The van der Waals surface area contributed by atoms with Crippen LogP contribution in [0.1, 0.15) is 34.7 Å². The second-order valence-electron chi connectivity index (χ2n) is 6.87. The first-order chi connectivity index (χ1) is 14.0. The maximum atomic E-state index is 12.8. The van der Waals surface area contributed by atoms with E-state index in [9.17, 15) is 18.4 Å². The Balaban J connectivity index is 1.76. The lowest BCUT2D eigenvalue weighted by Gasteiger charge is -2.09. The molecule has 0 aliphatic heterocycles. The van der Waals surface area contributed by atoms with Gasteiger partial charge in [0.2, 0.25) is 12.3 Å². The van der Waals surface area contributed by atoms with Crippen LogP contribution < -0.4 is 5.32 Å². The van der Waals surface area contributed by atoms with Crippen molar-refractivity contribution in [3.8, 4) is 0 Å². The summed E-state index contributed by atoms with van der Waals surface area (Å²) < 4.78 is 23.4. The van der Waals surface area contributed by atoms with Crippen molar-refractivity contribution in [2.24, 2.45) is 5.92 Å². The highest BCUT2D eigenvalue weighted by molar-refractivity contribution is 6.53. The first-order valence-corrected chi connectivity index (χ1v) is 10.6. The number of nitrogens with one attached hydrogen (secondary N) is 1. The van der Waals surface area contributed by atoms with Gasteiger partial charge >= 0.3 is 0 Å². The zero-order valence-corrected chi connectivity index (χ0v) is 18.9. The third-order valence-corrected chi connectivity index (χ3v) is 6.41. The standard InChI is InChI=1S/C20H14Cl5F2NO2/c21-10-5-9(6-11(22)7-10)17-18(20(17,24)25)19(30)28-12-1-2-14(23)13(8-12)15(29)3-4-16(26)27/h1-2,5-8,16-18H,3-4H2,(H,28,30). The Labute approximate surface area is 196 Å². The van der Waals surface area contributed by atoms with Crippen LogP contribution in [0.2, 0.25) is 15.1 Å². The second kappa shape index (κ2) is 9.17. The van der Waals surface area contributed by atoms with Crippen LogP contribution in [-0.4, -0.2) is 22.4 Å². The number of amides is 1. The van der Waals surface area contributed by atoms with Crippen molar-refractivity contribution in [3.05, 3.63) is 62.6 Å². The number of hydrogen-bond acceptors (Lipinski definition) is 2. The number of carbonyl (C=O) groups excluding carboxylic acids is 2. The highest BCUT2D eigenvalue weighted by atomic mass is 35.5. The Morgan fingerprint density at radius 3 is 2.27 bits per heavy atom. The molecule has 1 saturated carbocycles. The fraction of sp³-hybridized carbons (Fsp3) is 0.300. The van der Waals surface area contributed by atoms with Gasteiger partial charge in [-0.15, -0.1) is 23.2 Å². The summed E-state index contributed by atoms with van der Waals surface area (Å²) in [5.74, 6) is -2.34. The Morgan fingerprint density at radius 2 is 1.67 bits per heavy atom. The molecule has 1 fully saturated rings. The number of carbonyl (C=O) groups is 2. The van der Waals surface area contributed by atoms with Crippen molar-refractivity contribution in [2.45, 2.75) is 29.5 Å². The number of alkyl halides is 4. The van der Waals surface area contributed by atoms with Gasteiger partial charge in [0, 0.05) is 40.1 Å². The van der Waals surface area contributed by atoms with E-state index in [-0.39, 0.29) is 22.7 Å². The summed E-state index contributed by atoms with van der Waals surface area (Å²) in [7, 11) is 0. The molecular formula is C20H14Cl5F2NO2. The predicted octanol–water partition coefficient (Wildman–Crippen LogP) is 7.40. The summed E-state index contributed by atoms with van der Waals surface area (Å²) in [6.07, 6.45) is -3.52. The molecule has 2 unspecified atom stereocenters. The molecule has 1 amide bonds. The smallest absolute Gasteiger partial charge is 0.239 e. The molecule has 0 spiro atoms. The largest absolute Gasteiger partial charge is 0.326 e. The Hall–Kier alpha value is -1.11. The molecule has 1 aliphatic rings. The molecule has 1 aliphatic carbocycles.